The summed E-state index contributed by atoms with van der Waals surface area (Å²) in [7, 11) is 0. The fourth-order valence-corrected chi connectivity index (χ4v) is 3.84. The second kappa shape index (κ2) is 4.47. The van der Waals surface area contributed by atoms with Crippen molar-refractivity contribution in [2.75, 3.05) is 19.6 Å². The topological polar surface area (TPSA) is 15.3 Å². The van der Waals surface area contributed by atoms with Crippen molar-refractivity contribution in [2.45, 2.75) is 31.8 Å². The molecule has 2 nitrogen and oxygen atoms in total. The van der Waals surface area contributed by atoms with Crippen LogP contribution in [0.25, 0.3) is 0 Å². The van der Waals surface area contributed by atoms with E-state index in [1.807, 2.05) is 11.3 Å². The highest BCUT2D eigenvalue weighted by atomic mass is 32.1. The largest absolute Gasteiger partial charge is 0.305 e. The Morgan fingerprint density at radius 2 is 2.25 bits per heavy atom. The first-order valence-corrected chi connectivity index (χ1v) is 7.22. The molecule has 2 atom stereocenters. The lowest BCUT2D eigenvalue weighted by Crippen LogP contribution is -2.56. The van der Waals surface area contributed by atoms with E-state index in [-0.39, 0.29) is 0 Å². The maximum absolute atomic E-state index is 3.82. The molecule has 4 heterocycles. The fourth-order valence-electron chi connectivity index (χ4n) is 3.09. The molecule has 3 saturated heterocycles. The molecule has 0 amide bonds. The smallest absolute Gasteiger partial charge is 0.0388 e. The lowest BCUT2D eigenvalue weighted by molar-refractivity contribution is 0.0682. The van der Waals surface area contributed by atoms with Crippen molar-refractivity contribution in [1.29, 1.82) is 0 Å². The van der Waals surface area contributed by atoms with Gasteiger partial charge >= 0.3 is 0 Å². The number of hydrogen-bond donors (Lipinski definition) is 1. The first kappa shape index (κ1) is 10.8. The molecule has 88 valence electrons. The van der Waals surface area contributed by atoms with E-state index in [4.69, 9.17) is 0 Å². The van der Waals surface area contributed by atoms with Gasteiger partial charge in [0.15, 0.2) is 0 Å². The van der Waals surface area contributed by atoms with E-state index in [9.17, 15) is 0 Å². The zero-order valence-electron chi connectivity index (χ0n) is 9.86. The average Bonchev–Trinajstić information content (AvgIpc) is 2.84. The van der Waals surface area contributed by atoms with Gasteiger partial charge in [0.1, 0.15) is 0 Å². The number of nitrogens with one attached hydrogen (secondary N) is 1. The van der Waals surface area contributed by atoms with Crippen molar-refractivity contribution in [3.05, 3.63) is 22.4 Å². The van der Waals surface area contributed by atoms with Gasteiger partial charge in [-0.3, -0.25) is 0 Å². The first-order chi connectivity index (χ1) is 7.83. The van der Waals surface area contributed by atoms with Crippen LogP contribution in [-0.2, 0) is 0 Å². The van der Waals surface area contributed by atoms with Gasteiger partial charge < -0.3 is 10.2 Å². The van der Waals surface area contributed by atoms with Crippen LogP contribution in [0.4, 0.5) is 0 Å². The van der Waals surface area contributed by atoms with Gasteiger partial charge in [-0.05, 0) is 50.2 Å². The van der Waals surface area contributed by atoms with Crippen LogP contribution in [0.15, 0.2) is 17.5 Å². The number of thiophene rings is 1. The van der Waals surface area contributed by atoms with Gasteiger partial charge in [0.05, 0.1) is 0 Å². The van der Waals surface area contributed by atoms with Crippen molar-refractivity contribution >= 4 is 11.3 Å². The van der Waals surface area contributed by atoms with Crippen molar-refractivity contribution in [1.82, 2.24) is 10.2 Å². The molecule has 3 fully saturated rings. The molecule has 3 aliphatic rings. The minimum atomic E-state index is 0.519. The van der Waals surface area contributed by atoms with Gasteiger partial charge in [0, 0.05) is 23.5 Å². The van der Waals surface area contributed by atoms with Gasteiger partial charge in [-0.2, -0.15) is 0 Å². The van der Waals surface area contributed by atoms with E-state index < -0.39 is 0 Å². The molecule has 0 spiro atoms. The van der Waals surface area contributed by atoms with Gasteiger partial charge in [-0.15, -0.1) is 11.3 Å². The SMILES string of the molecule is C[C@H](NC1CN2CCC1CC2)c1cccs1. The minimum Gasteiger partial charge on any atom is -0.305 e. The molecule has 0 aromatic carbocycles. The molecule has 0 saturated carbocycles. The number of nitrogens with zero attached hydrogens (tertiary/aromatic N) is 1. The number of rotatable bonds is 3. The van der Waals surface area contributed by atoms with Gasteiger partial charge in [0.2, 0.25) is 0 Å². The highest BCUT2D eigenvalue weighted by Crippen LogP contribution is 2.29. The fraction of sp³-hybridized carbons (Fsp3) is 0.692. The summed E-state index contributed by atoms with van der Waals surface area (Å²) in [5, 5.41) is 5.99. The minimum absolute atomic E-state index is 0.519. The highest BCUT2D eigenvalue weighted by molar-refractivity contribution is 7.10. The van der Waals surface area contributed by atoms with Crippen LogP contribution < -0.4 is 5.32 Å². The monoisotopic (exact) mass is 236 g/mol. The van der Waals surface area contributed by atoms with E-state index in [1.165, 1.54) is 37.4 Å². The Kier molecular flexibility index (Phi) is 3.01. The molecule has 1 aromatic heterocycles. The third-order valence-corrected chi connectivity index (χ3v) is 5.15. The van der Waals surface area contributed by atoms with E-state index in [0.29, 0.717) is 6.04 Å². The quantitative estimate of drug-likeness (QED) is 0.867. The Hall–Kier alpha value is -0.380. The van der Waals surface area contributed by atoms with E-state index >= 15 is 0 Å². The van der Waals surface area contributed by atoms with Crippen LogP contribution in [-0.4, -0.2) is 30.6 Å². The van der Waals surface area contributed by atoms with Crippen LogP contribution in [0.3, 0.4) is 0 Å². The predicted molar refractivity (Wildman–Crippen MR) is 68.8 cm³/mol. The highest BCUT2D eigenvalue weighted by Gasteiger charge is 2.34. The lowest BCUT2D eigenvalue weighted by Gasteiger charge is -2.46. The van der Waals surface area contributed by atoms with Gasteiger partial charge in [0.25, 0.3) is 0 Å². The molecule has 0 aliphatic carbocycles. The normalized spacial score (nSPS) is 35.2. The molecule has 16 heavy (non-hydrogen) atoms. The molecule has 3 heteroatoms. The molecule has 1 aromatic rings. The van der Waals surface area contributed by atoms with Gasteiger partial charge in [-0.1, -0.05) is 6.07 Å². The maximum atomic E-state index is 3.82. The van der Waals surface area contributed by atoms with Crippen molar-refractivity contribution in [3.63, 3.8) is 0 Å². The Labute approximate surface area is 102 Å². The van der Waals surface area contributed by atoms with Crippen LogP contribution in [0, 0.1) is 5.92 Å². The zero-order chi connectivity index (χ0) is 11.0. The molecule has 1 N–H and O–H groups in total. The summed E-state index contributed by atoms with van der Waals surface area (Å²) in [6, 6.07) is 5.63. The summed E-state index contributed by atoms with van der Waals surface area (Å²) in [4.78, 5) is 4.08. The Morgan fingerprint density at radius 1 is 1.44 bits per heavy atom. The van der Waals surface area contributed by atoms with Crippen LogP contribution in [0.1, 0.15) is 30.7 Å². The van der Waals surface area contributed by atoms with E-state index in [0.717, 1.165) is 12.0 Å². The Balaban J connectivity index is 1.62. The summed E-state index contributed by atoms with van der Waals surface area (Å²) in [5.74, 6) is 0.924. The van der Waals surface area contributed by atoms with E-state index in [1.54, 1.807) is 0 Å². The molecule has 4 rings (SSSR count). The second-order valence-electron chi connectivity index (χ2n) is 5.15. The van der Waals surface area contributed by atoms with Gasteiger partial charge in [-0.25, -0.2) is 0 Å². The predicted octanol–water partition coefficient (Wildman–Crippen LogP) is 2.49. The first-order valence-electron chi connectivity index (χ1n) is 6.35. The Morgan fingerprint density at radius 3 is 2.81 bits per heavy atom. The summed E-state index contributed by atoms with van der Waals surface area (Å²) in [5.41, 5.74) is 0. The second-order valence-corrected chi connectivity index (χ2v) is 6.13. The number of fused-ring (bicyclic) bond motifs is 3. The summed E-state index contributed by atoms with van der Waals surface area (Å²) in [6.07, 6.45) is 2.80. The average molecular weight is 236 g/mol. The molecule has 1 unspecified atom stereocenters. The lowest BCUT2D eigenvalue weighted by atomic mass is 9.83. The molecular formula is C13H20N2S. The number of piperidine rings is 3. The summed E-state index contributed by atoms with van der Waals surface area (Å²) >= 11 is 1.86. The third kappa shape index (κ3) is 2.04. The van der Waals surface area contributed by atoms with Crippen molar-refractivity contribution in [3.8, 4) is 0 Å². The van der Waals surface area contributed by atoms with E-state index in [2.05, 4.69) is 34.7 Å². The molecular weight excluding hydrogens is 216 g/mol. The third-order valence-electron chi connectivity index (χ3n) is 4.09. The molecule has 3 aliphatic heterocycles. The molecule has 2 bridgehead atoms. The van der Waals surface area contributed by atoms with Crippen LogP contribution >= 0.6 is 11.3 Å². The van der Waals surface area contributed by atoms with Crippen molar-refractivity contribution in [2.24, 2.45) is 5.92 Å². The summed E-state index contributed by atoms with van der Waals surface area (Å²) < 4.78 is 0. The Bertz CT molecular complexity index is 328. The number of hydrogen-bond acceptors (Lipinski definition) is 3. The standard InChI is InChI=1S/C13H20N2S/c1-10(13-3-2-8-16-13)14-12-9-15-6-4-11(12)5-7-15/h2-3,8,10-12,14H,4-7,9H2,1H3/t10-,12?/m0/s1. The maximum Gasteiger partial charge on any atom is 0.0388 e. The van der Waals surface area contributed by atoms with Crippen LogP contribution in [0.5, 0.6) is 0 Å². The molecule has 0 radical (unpaired) electrons. The summed E-state index contributed by atoms with van der Waals surface area (Å²) in [6.45, 7) is 6.22. The zero-order valence-corrected chi connectivity index (χ0v) is 10.7. The van der Waals surface area contributed by atoms with Crippen LogP contribution in [0.2, 0.25) is 0 Å². The van der Waals surface area contributed by atoms with Crippen molar-refractivity contribution < 1.29 is 0 Å².